The second-order valence-corrected chi connectivity index (χ2v) is 5.22. The molecular formula is C13H8Cl3N3O2. The lowest BCUT2D eigenvalue weighted by molar-refractivity contribution is -0.384. The summed E-state index contributed by atoms with van der Waals surface area (Å²) in [6.45, 7) is 0. The lowest BCUT2D eigenvalue weighted by atomic mass is 10.2. The number of non-ortho nitro benzene ring substituents is 1. The monoisotopic (exact) mass is 343 g/mol. The maximum absolute atomic E-state index is 10.7. The Balaban J connectivity index is 2.16. The predicted octanol–water partition coefficient (Wildman–Crippen LogP) is 5.00. The molecule has 0 saturated heterocycles. The number of nitrogens with zero attached hydrogens (tertiary/aromatic N) is 2. The quantitative estimate of drug-likeness (QED) is 0.482. The van der Waals surface area contributed by atoms with Crippen molar-refractivity contribution < 1.29 is 4.92 Å². The largest absolute Gasteiger partial charge is 0.275 e. The van der Waals surface area contributed by atoms with Crippen molar-refractivity contribution in [2.75, 3.05) is 5.43 Å². The third-order valence-electron chi connectivity index (χ3n) is 2.48. The summed E-state index contributed by atoms with van der Waals surface area (Å²) in [5.41, 5.74) is 3.64. The fraction of sp³-hybridized carbons (Fsp3) is 0. The van der Waals surface area contributed by atoms with E-state index in [1.54, 1.807) is 12.1 Å². The standard InChI is InChI=1S/C13H8Cl3N3O2/c14-9-5-11(15)13(12(16)6-9)18-17-7-8-2-1-3-10(4-8)19(20)21/h1-7,18H/b17-7+. The molecule has 0 heterocycles. The van der Waals surface area contributed by atoms with Gasteiger partial charge in [-0.05, 0) is 12.1 Å². The van der Waals surface area contributed by atoms with Crippen LogP contribution in [0, 0.1) is 10.1 Å². The molecule has 0 unspecified atom stereocenters. The van der Waals surface area contributed by atoms with Crippen LogP contribution >= 0.6 is 34.8 Å². The molecule has 0 aromatic heterocycles. The Bertz CT molecular complexity index is 697. The summed E-state index contributed by atoms with van der Waals surface area (Å²) in [5.74, 6) is 0. The van der Waals surface area contributed by atoms with Crippen molar-refractivity contribution in [3.05, 3.63) is 67.1 Å². The molecule has 8 heteroatoms. The minimum absolute atomic E-state index is 0.0125. The molecule has 0 spiro atoms. The van der Waals surface area contributed by atoms with E-state index in [0.29, 0.717) is 26.3 Å². The van der Waals surface area contributed by atoms with Crippen LogP contribution in [0.2, 0.25) is 15.1 Å². The Hall–Kier alpha value is -1.82. The highest BCUT2D eigenvalue weighted by atomic mass is 35.5. The smallest absolute Gasteiger partial charge is 0.270 e. The maximum atomic E-state index is 10.7. The van der Waals surface area contributed by atoms with Crippen molar-refractivity contribution in [2.45, 2.75) is 0 Å². The molecule has 2 rings (SSSR count). The van der Waals surface area contributed by atoms with E-state index in [4.69, 9.17) is 34.8 Å². The molecule has 0 amide bonds. The molecule has 108 valence electrons. The molecule has 0 radical (unpaired) electrons. The summed E-state index contributed by atoms with van der Waals surface area (Å²) >= 11 is 17.8. The lowest BCUT2D eigenvalue weighted by Gasteiger charge is -2.06. The minimum atomic E-state index is -0.475. The fourth-order valence-electron chi connectivity index (χ4n) is 1.54. The van der Waals surface area contributed by atoms with Gasteiger partial charge >= 0.3 is 0 Å². The van der Waals surface area contributed by atoms with Crippen LogP contribution in [0.5, 0.6) is 0 Å². The van der Waals surface area contributed by atoms with E-state index in [9.17, 15) is 10.1 Å². The average Bonchev–Trinajstić information content (AvgIpc) is 2.42. The summed E-state index contributed by atoms with van der Waals surface area (Å²) in [6, 6.07) is 9.11. The number of hydrogen-bond acceptors (Lipinski definition) is 4. The van der Waals surface area contributed by atoms with Gasteiger partial charge in [0.15, 0.2) is 0 Å². The van der Waals surface area contributed by atoms with Gasteiger partial charge < -0.3 is 0 Å². The third kappa shape index (κ3) is 4.07. The second kappa shape index (κ2) is 6.76. The number of hydrogen-bond donors (Lipinski definition) is 1. The van der Waals surface area contributed by atoms with E-state index < -0.39 is 4.92 Å². The molecule has 0 aliphatic heterocycles. The van der Waals surface area contributed by atoms with Gasteiger partial charge in [-0.1, -0.05) is 46.9 Å². The topological polar surface area (TPSA) is 67.5 Å². The van der Waals surface area contributed by atoms with E-state index >= 15 is 0 Å². The highest BCUT2D eigenvalue weighted by Gasteiger charge is 2.07. The molecule has 0 aliphatic carbocycles. The number of hydrazone groups is 1. The number of halogens is 3. The highest BCUT2D eigenvalue weighted by molar-refractivity contribution is 6.41. The van der Waals surface area contributed by atoms with Crippen molar-refractivity contribution in [2.24, 2.45) is 5.10 Å². The normalized spacial score (nSPS) is 10.8. The van der Waals surface area contributed by atoms with Gasteiger partial charge in [0, 0.05) is 22.7 Å². The first-order valence-electron chi connectivity index (χ1n) is 5.65. The van der Waals surface area contributed by atoms with Crippen LogP contribution in [-0.4, -0.2) is 11.1 Å². The molecule has 2 aromatic rings. The van der Waals surface area contributed by atoms with E-state index in [-0.39, 0.29) is 5.69 Å². The van der Waals surface area contributed by atoms with E-state index in [1.807, 2.05) is 0 Å². The predicted molar refractivity (Wildman–Crippen MR) is 85.8 cm³/mol. The van der Waals surface area contributed by atoms with Crippen molar-refractivity contribution in [3.63, 3.8) is 0 Å². The Kier molecular flexibility index (Phi) is 5.01. The molecule has 0 fully saturated rings. The van der Waals surface area contributed by atoms with Crippen LogP contribution in [0.1, 0.15) is 5.56 Å². The first kappa shape index (κ1) is 15.6. The zero-order valence-electron chi connectivity index (χ0n) is 10.4. The Morgan fingerprint density at radius 1 is 1.14 bits per heavy atom. The number of benzene rings is 2. The van der Waals surface area contributed by atoms with E-state index in [2.05, 4.69) is 10.5 Å². The van der Waals surface area contributed by atoms with Crippen molar-refractivity contribution in [3.8, 4) is 0 Å². The second-order valence-electron chi connectivity index (χ2n) is 3.97. The SMILES string of the molecule is O=[N+]([O-])c1cccc(/C=N/Nc2c(Cl)cc(Cl)cc2Cl)c1. The van der Waals surface area contributed by atoms with Crippen molar-refractivity contribution >= 4 is 52.4 Å². The molecule has 0 aliphatic rings. The van der Waals surface area contributed by atoms with Gasteiger partial charge in [0.1, 0.15) is 0 Å². The van der Waals surface area contributed by atoms with Crippen LogP contribution in [-0.2, 0) is 0 Å². The molecular weight excluding hydrogens is 337 g/mol. The van der Waals surface area contributed by atoms with E-state index in [1.165, 1.54) is 30.5 Å². The Morgan fingerprint density at radius 3 is 2.43 bits per heavy atom. The molecule has 0 bridgehead atoms. The molecule has 2 aromatic carbocycles. The molecule has 5 nitrogen and oxygen atoms in total. The van der Waals surface area contributed by atoms with Crippen LogP contribution in [0.4, 0.5) is 11.4 Å². The summed E-state index contributed by atoms with van der Waals surface area (Å²) in [5, 5.41) is 15.7. The number of nitro benzene ring substituents is 1. The summed E-state index contributed by atoms with van der Waals surface area (Å²) in [7, 11) is 0. The highest BCUT2D eigenvalue weighted by Crippen LogP contribution is 2.33. The van der Waals surface area contributed by atoms with Crippen LogP contribution in [0.3, 0.4) is 0 Å². The lowest BCUT2D eigenvalue weighted by Crippen LogP contribution is -1.94. The van der Waals surface area contributed by atoms with Gasteiger partial charge in [0.2, 0.25) is 0 Å². The average molecular weight is 345 g/mol. The van der Waals surface area contributed by atoms with Gasteiger partial charge in [0.25, 0.3) is 5.69 Å². The minimum Gasteiger partial charge on any atom is -0.275 e. The van der Waals surface area contributed by atoms with Gasteiger partial charge in [-0.25, -0.2) is 0 Å². The molecule has 1 N–H and O–H groups in total. The summed E-state index contributed by atoms with van der Waals surface area (Å²) in [4.78, 5) is 10.2. The Morgan fingerprint density at radius 2 is 1.81 bits per heavy atom. The van der Waals surface area contributed by atoms with E-state index in [0.717, 1.165) is 0 Å². The first-order chi connectivity index (χ1) is 9.97. The Labute approximate surface area is 135 Å². The number of anilines is 1. The van der Waals surface area contributed by atoms with Crippen LogP contribution in [0.15, 0.2) is 41.5 Å². The fourth-order valence-corrected chi connectivity index (χ4v) is 2.44. The van der Waals surface area contributed by atoms with Crippen molar-refractivity contribution in [1.29, 1.82) is 0 Å². The number of rotatable bonds is 4. The first-order valence-corrected chi connectivity index (χ1v) is 6.79. The van der Waals surface area contributed by atoms with Gasteiger partial charge in [-0.15, -0.1) is 0 Å². The summed E-state index contributed by atoms with van der Waals surface area (Å²) in [6.07, 6.45) is 1.42. The zero-order chi connectivity index (χ0) is 15.4. The number of nitrogens with one attached hydrogen (secondary N) is 1. The van der Waals surface area contributed by atoms with Crippen LogP contribution in [0.25, 0.3) is 0 Å². The van der Waals surface area contributed by atoms with Crippen molar-refractivity contribution in [1.82, 2.24) is 0 Å². The van der Waals surface area contributed by atoms with Gasteiger partial charge in [-0.2, -0.15) is 5.10 Å². The molecule has 0 saturated carbocycles. The van der Waals surface area contributed by atoms with Crippen LogP contribution < -0.4 is 5.43 Å². The summed E-state index contributed by atoms with van der Waals surface area (Å²) < 4.78 is 0. The van der Waals surface area contributed by atoms with Gasteiger partial charge in [-0.3, -0.25) is 15.5 Å². The molecule has 21 heavy (non-hydrogen) atoms. The third-order valence-corrected chi connectivity index (χ3v) is 3.29. The zero-order valence-corrected chi connectivity index (χ0v) is 12.7. The van der Waals surface area contributed by atoms with Gasteiger partial charge in [0.05, 0.1) is 26.9 Å². The maximum Gasteiger partial charge on any atom is 0.270 e. The molecule has 0 atom stereocenters. The number of nitro groups is 1.